The molecule has 0 saturated heterocycles. The minimum atomic E-state index is -4.54. The summed E-state index contributed by atoms with van der Waals surface area (Å²) in [7, 11) is 0. The Kier molecular flexibility index (Phi) is 3.04. The lowest BCUT2D eigenvalue weighted by Crippen LogP contribution is -2.10. The Morgan fingerprint density at radius 3 is 2.30 bits per heavy atom. The van der Waals surface area contributed by atoms with Crippen LogP contribution in [0.2, 0.25) is 0 Å². The van der Waals surface area contributed by atoms with Gasteiger partial charge in [-0.1, -0.05) is 12.1 Å². The van der Waals surface area contributed by atoms with Crippen molar-refractivity contribution >= 4 is 5.65 Å². The lowest BCUT2D eigenvalue weighted by atomic mass is 10.1. The Bertz CT molecular complexity index is 851. The third kappa shape index (κ3) is 2.74. The number of hydrogen-bond acceptors (Lipinski definition) is 3. The standard InChI is InChI=1S/C16H12F3N3O/c17-16(18,19)15-21-20-14-8-3-11(9-22(14)15)10-1-4-12(5-2-10)23-13-6-7-13/h1-5,8-9,13H,6-7H2. The summed E-state index contributed by atoms with van der Waals surface area (Å²) in [5, 5.41) is 6.77. The van der Waals surface area contributed by atoms with Gasteiger partial charge in [0, 0.05) is 6.20 Å². The number of rotatable bonds is 3. The van der Waals surface area contributed by atoms with E-state index in [1.165, 1.54) is 12.3 Å². The molecular formula is C16H12F3N3O. The number of nitrogens with zero attached hydrogens (tertiary/aromatic N) is 3. The van der Waals surface area contributed by atoms with E-state index in [1.54, 1.807) is 6.07 Å². The SMILES string of the molecule is FC(F)(F)c1nnc2ccc(-c3ccc(OC4CC4)cc3)cn12. The molecule has 0 unspecified atom stereocenters. The van der Waals surface area contributed by atoms with Gasteiger partial charge in [-0.3, -0.25) is 4.40 Å². The molecule has 118 valence electrons. The Morgan fingerprint density at radius 2 is 1.65 bits per heavy atom. The monoisotopic (exact) mass is 319 g/mol. The van der Waals surface area contributed by atoms with Gasteiger partial charge in [0.05, 0.1) is 6.10 Å². The fourth-order valence-electron chi connectivity index (χ4n) is 2.36. The van der Waals surface area contributed by atoms with Crippen LogP contribution in [0.25, 0.3) is 16.8 Å². The van der Waals surface area contributed by atoms with Crippen molar-refractivity contribution in [2.75, 3.05) is 0 Å². The van der Waals surface area contributed by atoms with Crippen molar-refractivity contribution in [2.24, 2.45) is 0 Å². The van der Waals surface area contributed by atoms with Gasteiger partial charge in [0.25, 0.3) is 0 Å². The van der Waals surface area contributed by atoms with E-state index in [0.29, 0.717) is 11.7 Å². The van der Waals surface area contributed by atoms with E-state index in [-0.39, 0.29) is 5.65 Å². The van der Waals surface area contributed by atoms with E-state index in [0.717, 1.165) is 28.6 Å². The van der Waals surface area contributed by atoms with Crippen LogP contribution in [0.3, 0.4) is 0 Å². The van der Waals surface area contributed by atoms with Crippen LogP contribution >= 0.6 is 0 Å². The van der Waals surface area contributed by atoms with E-state index in [1.807, 2.05) is 24.3 Å². The highest BCUT2D eigenvalue weighted by atomic mass is 19.4. The molecule has 1 fully saturated rings. The second-order valence-corrected chi connectivity index (χ2v) is 5.51. The molecule has 1 aliphatic carbocycles. The van der Waals surface area contributed by atoms with Crippen LogP contribution in [0.1, 0.15) is 18.7 Å². The Hall–Kier alpha value is -2.57. The van der Waals surface area contributed by atoms with Gasteiger partial charge in [-0.05, 0) is 48.2 Å². The summed E-state index contributed by atoms with van der Waals surface area (Å²) in [5.74, 6) is -0.249. The van der Waals surface area contributed by atoms with Crippen LogP contribution in [-0.2, 0) is 6.18 Å². The average molecular weight is 319 g/mol. The summed E-state index contributed by atoms with van der Waals surface area (Å²) in [6, 6.07) is 10.6. The molecule has 1 aromatic carbocycles. The molecule has 1 aliphatic rings. The Morgan fingerprint density at radius 1 is 0.957 bits per heavy atom. The highest BCUT2D eigenvalue weighted by Gasteiger charge is 2.36. The summed E-state index contributed by atoms with van der Waals surface area (Å²) in [4.78, 5) is 0. The molecule has 4 nitrogen and oxygen atoms in total. The third-order valence-corrected chi connectivity index (χ3v) is 3.67. The summed E-state index contributed by atoms with van der Waals surface area (Å²) in [6.07, 6.45) is -0.684. The predicted octanol–water partition coefficient (Wildman–Crippen LogP) is 3.96. The van der Waals surface area contributed by atoms with Crippen molar-refractivity contribution in [1.82, 2.24) is 14.6 Å². The van der Waals surface area contributed by atoms with Crippen LogP contribution in [0.4, 0.5) is 13.2 Å². The number of fused-ring (bicyclic) bond motifs is 1. The maximum absolute atomic E-state index is 12.9. The molecule has 23 heavy (non-hydrogen) atoms. The topological polar surface area (TPSA) is 39.4 Å². The zero-order chi connectivity index (χ0) is 16.0. The van der Waals surface area contributed by atoms with Crippen molar-refractivity contribution < 1.29 is 17.9 Å². The van der Waals surface area contributed by atoms with E-state index >= 15 is 0 Å². The molecule has 0 bridgehead atoms. The smallest absolute Gasteiger partial charge is 0.452 e. The van der Waals surface area contributed by atoms with E-state index in [2.05, 4.69) is 10.2 Å². The van der Waals surface area contributed by atoms with Gasteiger partial charge >= 0.3 is 6.18 Å². The van der Waals surface area contributed by atoms with Crippen LogP contribution in [0.15, 0.2) is 42.6 Å². The molecule has 2 heterocycles. The molecule has 0 spiro atoms. The minimum Gasteiger partial charge on any atom is -0.490 e. The molecular weight excluding hydrogens is 307 g/mol. The quantitative estimate of drug-likeness (QED) is 0.733. The van der Waals surface area contributed by atoms with Gasteiger partial charge < -0.3 is 4.74 Å². The molecule has 0 N–H and O–H groups in total. The largest absolute Gasteiger partial charge is 0.490 e. The van der Waals surface area contributed by atoms with Gasteiger partial charge in [0.1, 0.15) is 5.75 Å². The van der Waals surface area contributed by atoms with E-state index < -0.39 is 12.0 Å². The second-order valence-electron chi connectivity index (χ2n) is 5.51. The highest BCUT2D eigenvalue weighted by molar-refractivity contribution is 5.65. The summed E-state index contributed by atoms with van der Waals surface area (Å²) in [6.45, 7) is 0. The normalized spacial score (nSPS) is 15.1. The highest BCUT2D eigenvalue weighted by Crippen LogP contribution is 2.31. The van der Waals surface area contributed by atoms with Crippen LogP contribution in [0.5, 0.6) is 5.75 Å². The Labute approximate surface area is 129 Å². The molecule has 0 atom stereocenters. The number of ether oxygens (including phenoxy) is 1. The van der Waals surface area contributed by atoms with Gasteiger partial charge in [0.15, 0.2) is 5.65 Å². The summed E-state index contributed by atoms with van der Waals surface area (Å²) in [5.41, 5.74) is 1.62. The maximum Gasteiger partial charge on any atom is 0.452 e. The second kappa shape index (κ2) is 4.97. The molecule has 3 aromatic rings. The lowest BCUT2D eigenvalue weighted by Gasteiger charge is -2.08. The van der Waals surface area contributed by atoms with Gasteiger partial charge in [0.2, 0.25) is 5.82 Å². The number of pyridine rings is 1. The van der Waals surface area contributed by atoms with Crippen LogP contribution < -0.4 is 4.74 Å². The average Bonchev–Trinajstić information content (AvgIpc) is 3.22. The van der Waals surface area contributed by atoms with Gasteiger partial charge in [-0.2, -0.15) is 13.2 Å². The zero-order valence-corrected chi connectivity index (χ0v) is 11.9. The first kappa shape index (κ1) is 14.0. The predicted molar refractivity (Wildman–Crippen MR) is 77.1 cm³/mol. The van der Waals surface area contributed by atoms with Gasteiger partial charge in [-0.15, -0.1) is 10.2 Å². The molecule has 0 aliphatic heterocycles. The molecule has 0 radical (unpaired) electrons. The van der Waals surface area contributed by atoms with Crippen LogP contribution in [-0.4, -0.2) is 20.7 Å². The number of hydrogen-bond donors (Lipinski definition) is 0. The first-order valence-electron chi connectivity index (χ1n) is 7.20. The van der Waals surface area contributed by atoms with Crippen molar-refractivity contribution in [3.8, 4) is 16.9 Å². The van der Waals surface area contributed by atoms with E-state index in [4.69, 9.17) is 4.74 Å². The fourth-order valence-corrected chi connectivity index (χ4v) is 2.36. The summed E-state index contributed by atoms with van der Waals surface area (Å²) < 4.78 is 45.4. The van der Waals surface area contributed by atoms with Crippen molar-refractivity contribution in [3.63, 3.8) is 0 Å². The first-order valence-corrected chi connectivity index (χ1v) is 7.20. The van der Waals surface area contributed by atoms with Crippen LogP contribution in [0, 0.1) is 0 Å². The van der Waals surface area contributed by atoms with E-state index in [9.17, 15) is 13.2 Å². The number of halogens is 3. The molecule has 1 saturated carbocycles. The first-order chi connectivity index (χ1) is 11.0. The van der Waals surface area contributed by atoms with Crippen molar-refractivity contribution in [2.45, 2.75) is 25.1 Å². The zero-order valence-electron chi connectivity index (χ0n) is 11.9. The van der Waals surface area contributed by atoms with Gasteiger partial charge in [-0.25, -0.2) is 0 Å². The van der Waals surface area contributed by atoms with Crippen molar-refractivity contribution in [3.05, 3.63) is 48.4 Å². The van der Waals surface area contributed by atoms with Crippen molar-refractivity contribution in [1.29, 1.82) is 0 Å². The fraction of sp³-hybridized carbons (Fsp3) is 0.250. The molecule has 4 rings (SSSR count). The number of benzene rings is 1. The lowest BCUT2D eigenvalue weighted by molar-refractivity contribution is -0.145. The maximum atomic E-state index is 12.9. The molecule has 0 amide bonds. The minimum absolute atomic E-state index is 0.162. The number of aromatic nitrogens is 3. The summed E-state index contributed by atoms with van der Waals surface area (Å²) >= 11 is 0. The Balaban J connectivity index is 1.70. The number of alkyl halides is 3. The third-order valence-electron chi connectivity index (χ3n) is 3.67. The molecule has 2 aromatic heterocycles. The molecule has 7 heteroatoms.